The molecule has 3 amide bonds. The number of benzene rings is 2. The van der Waals surface area contributed by atoms with Gasteiger partial charge < -0.3 is 20.7 Å². The van der Waals surface area contributed by atoms with E-state index in [1.54, 1.807) is 6.92 Å². The Balaban J connectivity index is 1.91. The number of alkyl carbamates (subject to hydrolysis) is 1. The number of halogens is 1. The fourth-order valence-corrected chi connectivity index (χ4v) is 3.37. The Morgan fingerprint density at radius 2 is 1.56 bits per heavy atom. The van der Waals surface area contributed by atoms with E-state index in [9.17, 15) is 14.4 Å². The Morgan fingerprint density at radius 1 is 0.875 bits per heavy atom. The van der Waals surface area contributed by atoms with Crippen LogP contribution in [0.3, 0.4) is 0 Å². The highest BCUT2D eigenvalue weighted by Gasteiger charge is 2.25. The molecule has 0 fully saturated rings. The van der Waals surface area contributed by atoms with Crippen LogP contribution in [0.2, 0.25) is 0 Å². The Labute approximate surface area is 197 Å². The molecule has 0 saturated carbocycles. The lowest BCUT2D eigenvalue weighted by atomic mass is 10.1. The van der Waals surface area contributed by atoms with E-state index in [1.807, 2.05) is 61.5 Å². The van der Waals surface area contributed by atoms with Crippen LogP contribution in [0.5, 0.6) is 0 Å². The van der Waals surface area contributed by atoms with E-state index < -0.39 is 24.1 Å². The van der Waals surface area contributed by atoms with Gasteiger partial charge in [-0.15, -0.1) is 0 Å². The summed E-state index contributed by atoms with van der Waals surface area (Å²) in [6.45, 7) is 3.83. The van der Waals surface area contributed by atoms with E-state index in [-0.39, 0.29) is 12.5 Å². The molecule has 0 aliphatic rings. The summed E-state index contributed by atoms with van der Waals surface area (Å²) in [5.74, 6) is -0.722. The molecule has 3 N–H and O–H groups in total. The number of rotatable bonds is 11. The quantitative estimate of drug-likeness (QED) is 0.393. The zero-order chi connectivity index (χ0) is 23.3. The second-order valence-corrected chi connectivity index (χ2v) is 7.90. The Hall–Kier alpha value is -2.87. The molecule has 2 atom stereocenters. The lowest BCUT2D eigenvalue weighted by Crippen LogP contribution is -2.52. The van der Waals surface area contributed by atoms with Crippen molar-refractivity contribution in [3.63, 3.8) is 0 Å². The minimum atomic E-state index is -0.802. The summed E-state index contributed by atoms with van der Waals surface area (Å²) < 4.78 is 5.20. The maximum Gasteiger partial charge on any atom is 0.408 e. The molecule has 0 spiro atoms. The van der Waals surface area contributed by atoms with Crippen LogP contribution in [0.1, 0.15) is 44.2 Å². The average Bonchev–Trinajstić information content (AvgIpc) is 2.82. The fraction of sp³-hybridized carbons (Fsp3) is 0.375. The van der Waals surface area contributed by atoms with E-state index in [4.69, 9.17) is 4.74 Å². The first-order valence-corrected chi connectivity index (χ1v) is 11.8. The second-order valence-electron chi connectivity index (χ2n) is 7.34. The number of amides is 3. The standard InChI is InChI=1S/C24H30BrN3O4/c1-3-8-21(23(30)26-19-13-11-17(15-25)12-14-19)27-22(29)20(4-2)28-24(31)32-16-18-9-6-5-7-10-18/h5-7,9-14,20-21H,3-4,8,15-16H2,1-2H3,(H,26,30)(H,27,29)(H,28,31)/t20?,21-/m0/s1. The first kappa shape index (κ1) is 25.4. The van der Waals surface area contributed by atoms with Crippen LogP contribution < -0.4 is 16.0 Å². The van der Waals surface area contributed by atoms with E-state index in [0.717, 1.165) is 16.5 Å². The van der Waals surface area contributed by atoms with Gasteiger partial charge in [0.2, 0.25) is 11.8 Å². The number of hydrogen-bond donors (Lipinski definition) is 3. The summed E-state index contributed by atoms with van der Waals surface area (Å²) in [4.78, 5) is 37.6. The van der Waals surface area contributed by atoms with Crippen LogP contribution in [0, 0.1) is 0 Å². The maximum atomic E-state index is 12.7. The van der Waals surface area contributed by atoms with E-state index >= 15 is 0 Å². The minimum absolute atomic E-state index is 0.111. The number of anilines is 1. The molecular formula is C24H30BrN3O4. The van der Waals surface area contributed by atoms with Crippen molar-refractivity contribution in [1.29, 1.82) is 0 Å². The zero-order valence-electron chi connectivity index (χ0n) is 18.4. The van der Waals surface area contributed by atoms with Gasteiger partial charge in [0.1, 0.15) is 18.7 Å². The van der Waals surface area contributed by atoms with Crippen molar-refractivity contribution >= 4 is 39.5 Å². The van der Waals surface area contributed by atoms with Crippen LogP contribution in [0.25, 0.3) is 0 Å². The second kappa shape index (κ2) is 13.5. The van der Waals surface area contributed by atoms with E-state index in [0.29, 0.717) is 24.9 Å². The fourth-order valence-electron chi connectivity index (χ4n) is 3.00. The molecule has 2 aromatic carbocycles. The predicted octanol–water partition coefficient (Wildman–Crippen LogP) is 4.51. The molecule has 8 heteroatoms. The monoisotopic (exact) mass is 503 g/mol. The van der Waals surface area contributed by atoms with Gasteiger partial charge >= 0.3 is 6.09 Å². The van der Waals surface area contributed by atoms with Crippen molar-refractivity contribution in [2.75, 3.05) is 5.32 Å². The third-order valence-electron chi connectivity index (χ3n) is 4.82. The maximum absolute atomic E-state index is 12.7. The number of carbonyl (C=O) groups excluding carboxylic acids is 3. The summed E-state index contributed by atoms with van der Waals surface area (Å²) in [6.07, 6.45) is 0.871. The first-order chi connectivity index (χ1) is 15.5. The highest BCUT2D eigenvalue weighted by molar-refractivity contribution is 9.08. The van der Waals surface area contributed by atoms with Crippen molar-refractivity contribution in [2.45, 2.75) is 57.1 Å². The smallest absolute Gasteiger partial charge is 0.408 e. The summed E-state index contributed by atoms with van der Waals surface area (Å²) in [5, 5.41) is 8.91. The third kappa shape index (κ3) is 8.34. The van der Waals surface area contributed by atoms with Gasteiger partial charge in [0.15, 0.2) is 0 Å². The molecule has 2 rings (SSSR count). The molecule has 0 aliphatic carbocycles. The number of carbonyl (C=O) groups is 3. The summed E-state index contributed by atoms with van der Waals surface area (Å²) >= 11 is 3.39. The van der Waals surface area contributed by atoms with Crippen molar-refractivity contribution < 1.29 is 19.1 Å². The average molecular weight is 504 g/mol. The van der Waals surface area contributed by atoms with Gasteiger partial charge in [-0.1, -0.05) is 78.7 Å². The molecule has 1 unspecified atom stereocenters. The number of nitrogens with one attached hydrogen (secondary N) is 3. The van der Waals surface area contributed by atoms with Gasteiger partial charge in [-0.3, -0.25) is 9.59 Å². The Bertz CT molecular complexity index is 875. The van der Waals surface area contributed by atoms with Crippen molar-refractivity contribution in [1.82, 2.24) is 10.6 Å². The van der Waals surface area contributed by atoms with Crippen molar-refractivity contribution in [2.24, 2.45) is 0 Å². The number of hydrogen-bond acceptors (Lipinski definition) is 4. The molecule has 0 saturated heterocycles. The molecule has 0 heterocycles. The lowest BCUT2D eigenvalue weighted by Gasteiger charge is -2.22. The minimum Gasteiger partial charge on any atom is -0.445 e. The van der Waals surface area contributed by atoms with Crippen LogP contribution >= 0.6 is 15.9 Å². The lowest BCUT2D eigenvalue weighted by molar-refractivity contribution is -0.128. The normalized spacial score (nSPS) is 12.3. The van der Waals surface area contributed by atoms with Gasteiger partial charge in [-0.25, -0.2) is 4.79 Å². The summed E-state index contributed by atoms with van der Waals surface area (Å²) in [7, 11) is 0. The molecule has 0 radical (unpaired) electrons. The highest BCUT2D eigenvalue weighted by atomic mass is 79.9. The van der Waals surface area contributed by atoms with Crippen molar-refractivity contribution in [3.05, 3.63) is 65.7 Å². The predicted molar refractivity (Wildman–Crippen MR) is 128 cm³/mol. The van der Waals surface area contributed by atoms with Gasteiger partial charge in [-0.05, 0) is 36.1 Å². The molecule has 7 nitrogen and oxygen atoms in total. The highest BCUT2D eigenvalue weighted by Crippen LogP contribution is 2.13. The summed E-state index contributed by atoms with van der Waals surface area (Å²) in [6, 6.07) is 15.2. The molecule has 2 aromatic rings. The first-order valence-electron chi connectivity index (χ1n) is 10.7. The van der Waals surface area contributed by atoms with Crippen LogP contribution in [-0.2, 0) is 26.3 Å². The SMILES string of the molecule is CCC[C@H](NC(=O)C(CC)NC(=O)OCc1ccccc1)C(=O)Nc1ccc(CBr)cc1. The van der Waals surface area contributed by atoms with Crippen LogP contribution in [-0.4, -0.2) is 30.0 Å². The molecular weight excluding hydrogens is 474 g/mol. The third-order valence-corrected chi connectivity index (χ3v) is 5.46. The van der Waals surface area contributed by atoms with Gasteiger partial charge in [-0.2, -0.15) is 0 Å². The molecule has 0 bridgehead atoms. The van der Waals surface area contributed by atoms with E-state index in [2.05, 4.69) is 31.9 Å². The number of ether oxygens (including phenoxy) is 1. The van der Waals surface area contributed by atoms with Crippen molar-refractivity contribution in [3.8, 4) is 0 Å². The molecule has 172 valence electrons. The van der Waals surface area contributed by atoms with Gasteiger partial charge in [0.25, 0.3) is 0 Å². The zero-order valence-corrected chi connectivity index (χ0v) is 20.0. The summed E-state index contributed by atoms with van der Waals surface area (Å²) in [5.41, 5.74) is 2.60. The molecule has 0 aliphatic heterocycles. The Morgan fingerprint density at radius 3 is 2.16 bits per heavy atom. The molecule has 32 heavy (non-hydrogen) atoms. The Kier molecular flexibility index (Phi) is 10.7. The van der Waals surface area contributed by atoms with Crippen LogP contribution in [0.4, 0.5) is 10.5 Å². The van der Waals surface area contributed by atoms with Crippen LogP contribution in [0.15, 0.2) is 54.6 Å². The molecule has 0 aromatic heterocycles. The van der Waals surface area contributed by atoms with E-state index in [1.165, 1.54) is 0 Å². The van der Waals surface area contributed by atoms with Gasteiger partial charge in [0, 0.05) is 11.0 Å². The number of alkyl halides is 1. The topological polar surface area (TPSA) is 96.5 Å². The van der Waals surface area contributed by atoms with Gasteiger partial charge in [0.05, 0.1) is 0 Å². The largest absolute Gasteiger partial charge is 0.445 e.